The fourth-order valence-electron chi connectivity index (χ4n) is 3.16. The minimum atomic E-state index is -3.57. The van der Waals surface area contributed by atoms with Crippen molar-refractivity contribution in [3.8, 4) is 5.75 Å². The van der Waals surface area contributed by atoms with Gasteiger partial charge in [0.1, 0.15) is 5.75 Å². The molecule has 1 amide bonds. The second kappa shape index (κ2) is 10.9. The lowest BCUT2D eigenvalue weighted by Crippen LogP contribution is -2.50. The van der Waals surface area contributed by atoms with Crippen molar-refractivity contribution in [3.63, 3.8) is 0 Å². The number of nitrogens with one attached hydrogen (secondary N) is 1. The smallest absolute Gasteiger partial charge is 0.251 e. The lowest BCUT2D eigenvalue weighted by atomic mass is 10.2. The van der Waals surface area contributed by atoms with Crippen molar-refractivity contribution >= 4 is 28.3 Å². The Bertz CT molecular complexity index is 998. The van der Waals surface area contributed by atoms with E-state index in [1.54, 1.807) is 12.1 Å². The molecule has 0 spiro atoms. The van der Waals surface area contributed by atoms with Crippen LogP contribution in [0.25, 0.3) is 0 Å². The van der Waals surface area contributed by atoms with Gasteiger partial charge in [0, 0.05) is 44.8 Å². The molecular weight excluding hydrogens is 452 g/mol. The Balaban J connectivity index is 0.00000341. The zero-order chi connectivity index (χ0) is 21.7. The van der Waals surface area contributed by atoms with Crippen LogP contribution in [0.3, 0.4) is 0 Å². The van der Waals surface area contributed by atoms with Gasteiger partial charge < -0.3 is 10.1 Å². The summed E-state index contributed by atoms with van der Waals surface area (Å²) in [5.74, 6) is -1.98. The number of sulfonamides is 1. The molecule has 0 atom stereocenters. The number of halogens is 3. The molecule has 11 heteroatoms. The SMILES string of the molecule is COc1ccc(S(=O)(=O)N2CCN(CCNC(=O)c3ccc(F)c(F)c3)CC2)cc1.Cl. The summed E-state index contributed by atoms with van der Waals surface area (Å²) in [6.45, 7) is 2.55. The van der Waals surface area contributed by atoms with Gasteiger partial charge in [0.25, 0.3) is 5.91 Å². The molecule has 0 saturated carbocycles. The highest BCUT2D eigenvalue weighted by molar-refractivity contribution is 7.89. The summed E-state index contributed by atoms with van der Waals surface area (Å²) >= 11 is 0. The van der Waals surface area contributed by atoms with Gasteiger partial charge in [-0.25, -0.2) is 17.2 Å². The molecule has 0 aromatic heterocycles. The molecule has 1 aliphatic heterocycles. The first-order valence-electron chi connectivity index (χ1n) is 9.41. The Kier molecular flexibility index (Phi) is 8.75. The molecule has 0 bridgehead atoms. The first-order chi connectivity index (χ1) is 14.3. The Labute approximate surface area is 186 Å². The molecule has 31 heavy (non-hydrogen) atoms. The van der Waals surface area contributed by atoms with E-state index in [0.29, 0.717) is 45.0 Å². The molecule has 1 fully saturated rings. The van der Waals surface area contributed by atoms with E-state index in [0.717, 1.165) is 12.1 Å². The van der Waals surface area contributed by atoms with Crippen molar-refractivity contribution in [2.75, 3.05) is 46.4 Å². The molecule has 1 N–H and O–H groups in total. The van der Waals surface area contributed by atoms with Crippen LogP contribution in [0.2, 0.25) is 0 Å². The van der Waals surface area contributed by atoms with Crippen LogP contribution in [-0.4, -0.2) is 69.9 Å². The van der Waals surface area contributed by atoms with Crippen LogP contribution in [0.4, 0.5) is 8.78 Å². The topological polar surface area (TPSA) is 79.0 Å². The van der Waals surface area contributed by atoms with E-state index >= 15 is 0 Å². The van der Waals surface area contributed by atoms with E-state index in [1.165, 1.54) is 29.6 Å². The molecule has 170 valence electrons. The predicted octanol–water partition coefficient (Wildman–Crippen LogP) is 2.13. The summed E-state index contributed by atoms with van der Waals surface area (Å²) in [7, 11) is -2.06. The largest absolute Gasteiger partial charge is 0.497 e. The van der Waals surface area contributed by atoms with Gasteiger partial charge in [-0.1, -0.05) is 0 Å². The summed E-state index contributed by atoms with van der Waals surface area (Å²) in [6.07, 6.45) is 0. The van der Waals surface area contributed by atoms with Crippen LogP contribution in [0.5, 0.6) is 5.75 Å². The summed E-state index contributed by atoms with van der Waals surface area (Å²) in [6, 6.07) is 9.25. The molecule has 2 aromatic carbocycles. The number of piperazine rings is 1. The average molecular weight is 476 g/mol. The minimum absolute atomic E-state index is 0. The van der Waals surface area contributed by atoms with E-state index in [1.807, 2.05) is 4.90 Å². The van der Waals surface area contributed by atoms with E-state index in [-0.39, 0.29) is 22.9 Å². The second-order valence-corrected chi connectivity index (χ2v) is 8.74. The summed E-state index contributed by atoms with van der Waals surface area (Å²) < 4.78 is 58.2. The van der Waals surface area contributed by atoms with Crippen molar-refractivity contribution in [2.45, 2.75) is 4.90 Å². The van der Waals surface area contributed by atoms with Crippen molar-refractivity contribution < 1.29 is 26.7 Å². The number of rotatable bonds is 7. The number of amides is 1. The fourth-order valence-corrected chi connectivity index (χ4v) is 4.58. The second-order valence-electron chi connectivity index (χ2n) is 6.81. The lowest BCUT2D eigenvalue weighted by Gasteiger charge is -2.34. The van der Waals surface area contributed by atoms with Crippen LogP contribution in [0.1, 0.15) is 10.4 Å². The van der Waals surface area contributed by atoms with E-state index in [9.17, 15) is 22.0 Å². The van der Waals surface area contributed by atoms with Crippen LogP contribution in [0, 0.1) is 11.6 Å². The molecule has 2 aromatic rings. The number of nitrogens with zero attached hydrogens (tertiary/aromatic N) is 2. The molecule has 0 unspecified atom stereocenters. The molecule has 1 aliphatic rings. The van der Waals surface area contributed by atoms with Crippen LogP contribution < -0.4 is 10.1 Å². The van der Waals surface area contributed by atoms with Gasteiger partial charge in [-0.05, 0) is 42.5 Å². The maximum Gasteiger partial charge on any atom is 0.251 e. The predicted molar refractivity (Wildman–Crippen MR) is 114 cm³/mol. The van der Waals surface area contributed by atoms with Crippen LogP contribution >= 0.6 is 12.4 Å². The standard InChI is InChI=1S/C20H23F2N3O4S.ClH/c1-29-16-3-5-17(6-4-16)30(27,28)25-12-10-24(11-13-25)9-8-23-20(26)15-2-7-18(21)19(22)14-15;/h2-7,14H,8-13H2,1H3,(H,23,26);1H. The van der Waals surface area contributed by atoms with Gasteiger partial charge >= 0.3 is 0 Å². The maximum atomic E-state index is 13.2. The van der Waals surface area contributed by atoms with Gasteiger partial charge in [-0.15, -0.1) is 12.4 Å². The van der Waals surface area contributed by atoms with Gasteiger partial charge in [-0.2, -0.15) is 4.31 Å². The van der Waals surface area contributed by atoms with Crippen molar-refractivity contribution in [1.29, 1.82) is 0 Å². The third-order valence-electron chi connectivity index (χ3n) is 4.92. The normalized spacial score (nSPS) is 15.2. The van der Waals surface area contributed by atoms with Gasteiger partial charge in [0.15, 0.2) is 11.6 Å². The highest BCUT2D eigenvalue weighted by atomic mass is 35.5. The van der Waals surface area contributed by atoms with Gasteiger partial charge in [-0.3, -0.25) is 9.69 Å². The summed E-state index contributed by atoms with van der Waals surface area (Å²) in [5.41, 5.74) is 0.0457. The first-order valence-corrected chi connectivity index (χ1v) is 10.8. The molecule has 3 rings (SSSR count). The van der Waals surface area contributed by atoms with Crippen molar-refractivity contribution in [2.24, 2.45) is 0 Å². The molecular formula is C20H24ClF2N3O4S. The Morgan fingerprint density at radius 1 is 1.03 bits per heavy atom. The minimum Gasteiger partial charge on any atom is -0.497 e. The number of benzene rings is 2. The fraction of sp³-hybridized carbons (Fsp3) is 0.350. The highest BCUT2D eigenvalue weighted by Crippen LogP contribution is 2.20. The van der Waals surface area contributed by atoms with Gasteiger partial charge in [0.05, 0.1) is 12.0 Å². The number of hydrogen-bond acceptors (Lipinski definition) is 5. The first kappa shape index (κ1) is 25.0. The zero-order valence-electron chi connectivity index (χ0n) is 16.9. The number of methoxy groups -OCH3 is 1. The molecule has 0 radical (unpaired) electrons. The van der Waals surface area contributed by atoms with Gasteiger partial charge in [0.2, 0.25) is 10.0 Å². The summed E-state index contributed by atoms with van der Waals surface area (Å²) in [4.78, 5) is 14.3. The molecule has 7 nitrogen and oxygen atoms in total. The van der Waals surface area contributed by atoms with E-state index in [2.05, 4.69) is 5.32 Å². The third kappa shape index (κ3) is 6.13. The highest BCUT2D eigenvalue weighted by Gasteiger charge is 2.28. The molecule has 1 saturated heterocycles. The monoisotopic (exact) mass is 475 g/mol. The maximum absolute atomic E-state index is 13.2. The quantitative estimate of drug-likeness (QED) is 0.663. The molecule has 0 aliphatic carbocycles. The number of carbonyl (C=O) groups is 1. The van der Waals surface area contributed by atoms with Crippen molar-refractivity contribution in [3.05, 3.63) is 59.7 Å². The Hall–Kier alpha value is -2.27. The number of carbonyl (C=O) groups excluding carboxylic acids is 1. The Morgan fingerprint density at radius 3 is 2.26 bits per heavy atom. The van der Waals surface area contributed by atoms with Crippen molar-refractivity contribution in [1.82, 2.24) is 14.5 Å². The third-order valence-corrected chi connectivity index (χ3v) is 6.84. The van der Waals surface area contributed by atoms with Crippen LogP contribution in [0.15, 0.2) is 47.4 Å². The Morgan fingerprint density at radius 2 is 1.68 bits per heavy atom. The zero-order valence-corrected chi connectivity index (χ0v) is 18.5. The lowest BCUT2D eigenvalue weighted by molar-refractivity contribution is 0.0944. The van der Waals surface area contributed by atoms with E-state index in [4.69, 9.17) is 4.74 Å². The number of ether oxygens (including phenoxy) is 1. The molecule has 1 heterocycles. The van der Waals surface area contributed by atoms with E-state index < -0.39 is 27.6 Å². The number of hydrogen-bond donors (Lipinski definition) is 1. The van der Waals surface area contributed by atoms with Crippen LogP contribution in [-0.2, 0) is 10.0 Å². The summed E-state index contributed by atoms with van der Waals surface area (Å²) in [5, 5.41) is 2.66. The average Bonchev–Trinajstić information content (AvgIpc) is 2.76.